The van der Waals surface area contributed by atoms with Crippen molar-refractivity contribution in [3.05, 3.63) is 99.7 Å². The van der Waals surface area contributed by atoms with Gasteiger partial charge in [0, 0.05) is 36.3 Å². The summed E-state index contributed by atoms with van der Waals surface area (Å²) in [5, 5.41) is 3.59. The van der Waals surface area contributed by atoms with Crippen molar-refractivity contribution in [2.75, 3.05) is 38.6 Å². The molecule has 0 radical (unpaired) electrons. The minimum absolute atomic E-state index is 0.00170. The minimum atomic E-state index is -0.997. The van der Waals surface area contributed by atoms with Gasteiger partial charge in [-0.25, -0.2) is 18.7 Å². The van der Waals surface area contributed by atoms with E-state index in [4.69, 9.17) is 0 Å². The second-order valence-electron chi connectivity index (χ2n) is 10.2. The zero-order valence-corrected chi connectivity index (χ0v) is 22.9. The maximum atomic E-state index is 13.6. The summed E-state index contributed by atoms with van der Waals surface area (Å²) in [6.45, 7) is 1.86. The van der Waals surface area contributed by atoms with Crippen molar-refractivity contribution < 1.29 is 13.6 Å². The molecule has 1 amide bonds. The van der Waals surface area contributed by atoms with E-state index >= 15 is 0 Å². The van der Waals surface area contributed by atoms with E-state index in [-0.39, 0.29) is 18.7 Å². The van der Waals surface area contributed by atoms with Crippen LogP contribution in [-0.2, 0) is 6.54 Å². The molecule has 2 aromatic heterocycles. The maximum Gasteiger partial charge on any atom is 0.263 e. The first kappa shape index (κ1) is 27.9. The Kier molecular flexibility index (Phi) is 8.36. The van der Waals surface area contributed by atoms with Crippen LogP contribution in [0.25, 0.3) is 10.9 Å². The van der Waals surface area contributed by atoms with Gasteiger partial charge in [0.05, 0.1) is 18.6 Å². The average molecular weight is 557 g/mol. The summed E-state index contributed by atoms with van der Waals surface area (Å²) in [4.78, 5) is 39.1. The van der Waals surface area contributed by atoms with E-state index in [2.05, 4.69) is 51.0 Å². The molecular formula is C31H30F2N6O2. The number of carbonyl (C=O) groups excluding carboxylic acids is 1. The van der Waals surface area contributed by atoms with Crippen molar-refractivity contribution in [1.82, 2.24) is 24.8 Å². The van der Waals surface area contributed by atoms with Gasteiger partial charge in [-0.05, 0) is 75.0 Å². The SMILES string of the molecule is CN(C)C1CCN(c2ncnc3ccc(C#CCNC(=O)c4cccn(Cc5ccc(F)c(F)c5)c4=O)cc23)CC1. The fourth-order valence-electron chi connectivity index (χ4n) is 5.00. The zero-order chi connectivity index (χ0) is 28.9. The first-order valence-electron chi connectivity index (χ1n) is 13.4. The number of halogens is 2. The summed E-state index contributed by atoms with van der Waals surface area (Å²) < 4.78 is 28.0. The van der Waals surface area contributed by atoms with Crippen molar-refractivity contribution in [2.45, 2.75) is 25.4 Å². The standard InChI is InChI=1S/C31H30F2N6O2/c1-37(2)23-11-15-38(16-12-23)29-25-17-21(8-10-28(25)35-20-36-29)5-3-13-34-30(40)24-6-4-14-39(31(24)41)19-22-7-9-26(32)27(33)18-22/h4,6-10,14,17-18,20,23H,11-13,15-16,19H2,1-2H3,(H,34,40). The van der Waals surface area contributed by atoms with Crippen LogP contribution < -0.4 is 15.8 Å². The van der Waals surface area contributed by atoms with E-state index in [0.29, 0.717) is 11.6 Å². The van der Waals surface area contributed by atoms with Crippen molar-refractivity contribution >= 4 is 22.6 Å². The number of piperidine rings is 1. The number of hydrogen-bond donors (Lipinski definition) is 1. The van der Waals surface area contributed by atoms with Crippen LogP contribution in [0, 0.1) is 23.5 Å². The van der Waals surface area contributed by atoms with Crippen molar-refractivity contribution in [1.29, 1.82) is 0 Å². The molecule has 4 aromatic rings. The van der Waals surface area contributed by atoms with Gasteiger partial charge in [0.15, 0.2) is 11.6 Å². The van der Waals surface area contributed by atoms with E-state index < -0.39 is 23.1 Å². The molecule has 1 N–H and O–H groups in total. The Morgan fingerprint density at radius 3 is 2.63 bits per heavy atom. The van der Waals surface area contributed by atoms with Gasteiger partial charge < -0.3 is 19.7 Å². The Balaban J connectivity index is 1.25. The molecular weight excluding hydrogens is 526 g/mol. The van der Waals surface area contributed by atoms with Gasteiger partial charge in [0.25, 0.3) is 11.5 Å². The highest BCUT2D eigenvalue weighted by Crippen LogP contribution is 2.27. The number of pyridine rings is 1. The molecule has 8 nitrogen and oxygen atoms in total. The number of rotatable bonds is 6. The van der Waals surface area contributed by atoms with Crippen molar-refractivity contribution in [3.63, 3.8) is 0 Å². The van der Waals surface area contributed by atoms with E-state index in [0.717, 1.165) is 60.3 Å². The van der Waals surface area contributed by atoms with Crippen molar-refractivity contribution in [3.8, 4) is 11.8 Å². The minimum Gasteiger partial charge on any atom is -0.356 e. The molecule has 210 valence electrons. The van der Waals surface area contributed by atoms with E-state index in [1.165, 1.54) is 22.9 Å². The lowest BCUT2D eigenvalue weighted by Crippen LogP contribution is -2.42. The van der Waals surface area contributed by atoms with E-state index in [9.17, 15) is 18.4 Å². The number of aromatic nitrogens is 3. The molecule has 0 bridgehead atoms. The van der Waals surface area contributed by atoms with Crippen LogP contribution in [0.4, 0.5) is 14.6 Å². The summed E-state index contributed by atoms with van der Waals surface area (Å²) in [5.74, 6) is 4.38. The zero-order valence-electron chi connectivity index (χ0n) is 22.9. The lowest BCUT2D eigenvalue weighted by Gasteiger charge is -2.36. The smallest absolute Gasteiger partial charge is 0.263 e. The van der Waals surface area contributed by atoms with Crippen LogP contribution in [0.5, 0.6) is 0 Å². The lowest BCUT2D eigenvalue weighted by atomic mass is 10.0. The third kappa shape index (κ3) is 6.42. The lowest BCUT2D eigenvalue weighted by molar-refractivity contribution is 0.0956. The highest BCUT2D eigenvalue weighted by molar-refractivity contribution is 5.94. The molecule has 10 heteroatoms. The largest absolute Gasteiger partial charge is 0.356 e. The summed E-state index contributed by atoms with van der Waals surface area (Å²) in [6, 6.07) is 12.7. The van der Waals surface area contributed by atoms with Crippen LogP contribution in [0.15, 0.2) is 65.8 Å². The third-order valence-electron chi connectivity index (χ3n) is 7.28. The number of hydrogen-bond acceptors (Lipinski definition) is 6. The van der Waals surface area contributed by atoms with Crippen molar-refractivity contribution in [2.24, 2.45) is 0 Å². The number of fused-ring (bicyclic) bond motifs is 1. The van der Waals surface area contributed by atoms with E-state index in [1.54, 1.807) is 12.4 Å². The Labute approximate surface area is 236 Å². The fraction of sp³-hybridized carbons (Fsp3) is 0.290. The first-order chi connectivity index (χ1) is 19.8. The molecule has 1 fully saturated rings. The van der Waals surface area contributed by atoms with Gasteiger partial charge in [-0.15, -0.1) is 0 Å². The Morgan fingerprint density at radius 2 is 1.88 bits per heavy atom. The molecule has 1 aliphatic heterocycles. The quantitative estimate of drug-likeness (QED) is 0.367. The molecule has 5 rings (SSSR count). The molecule has 0 atom stereocenters. The second kappa shape index (κ2) is 12.3. The van der Waals surface area contributed by atoms with Gasteiger partial charge in [0.1, 0.15) is 17.7 Å². The molecule has 0 saturated carbocycles. The maximum absolute atomic E-state index is 13.6. The topological polar surface area (TPSA) is 83.4 Å². The van der Waals surface area contributed by atoms with Crippen LogP contribution in [0.1, 0.15) is 34.3 Å². The van der Waals surface area contributed by atoms with E-state index in [1.807, 2.05) is 18.2 Å². The fourth-order valence-corrected chi connectivity index (χ4v) is 5.00. The van der Waals surface area contributed by atoms with Crippen LogP contribution >= 0.6 is 0 Å². The second-order valence-corrected chi connectivity index (χ2v) is 10.2. The van der Waals surface area contributed by atoms with Gasteiger partial charge in [-0.2, -0.15) is 0 Å². The van der Waals surface area contributed by atoms with Crippen LogP contribution in [0.2, 0.25) is 0 Å². The predicted octanol–water partition coefficient (Wildman–Crippen LogP) is 3.43. The molecule has 0 unspecified atom stereocenters. The average Bonchev–Trinajstić information content (AvgIpc) is 2.98. The van der Waals surface area contributed by atoms with Gasteiger partial charge in [-0.3, -0.25) is 9.59 Å². The number of nitrogens with one attached hydrogen (secondary N) is 1. The Bertz CT molecular complexity index is 1700. The molecule has 1 aliphatic rings. The number of carbonyl (C=O) groups is 1. The molecule has 1 saturated heterocycles. The molecule has 0 spiro atoms. The highest BCUT2D eigenvalue weighted by Gasteiger charge is 2.23. The molecule has 3 heterocycles. The number of amides is 1. The highest BCUT2D eigenvalue weighted by atomic mass is 19.2. The van der Waals surface area contributed by atoms with Gasteiger partial charge in [-0.1, -0.05) is 17.9 Å². The summed E-state index contributed by atoms with van der Waals surface area (Å²) >= 11 is 0. The predicted molar refractivity (Wildman–Crippen MR) is 154 cm³/mol. The third-order valence-corrected chi connectivity index (χ3v) is 7.28. The number of nitrogens with zero attached hydrogens (tertiary/aromatic N) is 5. The number of anilines is 1. The van der Waals surface area contributed by atoms with Crippen LogP contribution in [0.3, 0.4) is 0 Å². The molecule has 0 aliphatic carbocycles. The van der Waals surface area contributed by atoms with Gasteiger partial charge >= 0.3 is 0 Å². The molecule has 41 heavy (non-hydrogen) atoms. The number of benzene rings is 2. The van der Waals surface area contributed by atoms with Gasteiger partial charge in [0.2, 0.25) is 0 Å². The molecule has 2 aromatic carbocycles. The first-order valence-corrected chi connectivity index (χ1v) is 13.4. The summed E-state index contributed by atoms with van der Waals surface area (Å²) in [7, 11) is 4.23. The Hall–Kier alpha value is -4.62. The normalized spacial score (nSPS) is 13.7. The summed E-state index contributed by atoms with van der Waals surface area (Å²) in [5.41, 5.74) is 1.39. The summed E-state index contributed by atoms with van der Waals surface area (Å²) in [6.07, 6.45) is 5.21. The Morgan fingerprint density at radius 1 is 1.07 bits per heavy atom. The van der Waals surface area contributed by atoms with Crippen LogP contribution in [-0.4, -0.2) is 65.1 Å². The monoisotopic (exact) mass is 556 g/mol.